The van der Waals surface area contributed by atoms with E-state index in [4.69, 9.17) is 24.8 Å². The zero-order valence-electron chi connectivity index (χ0n) is 23.1. The first kappa shape index (κ1) is 33.0. The molecule has 1 fully saturated rings. The van der Waals surface area contributed by atoms with Gasteiger partial charge in [0.15, 0.2) is 29.1 Å². The van der Waals surface area contributed by atoms with Crippen molar-refractivity contribution in [2.24, 2.45) is 16.8 Å². The van der Waals surface area contributed by atoms with Gasteiger partial charge in [-0.25, -0.2) is 28.4 Å². The lowest BCUT2D eigenvalue weighted by atomic mass is 10.0. The molecule has 0 spiro atoms. The standard InChI is InChI=1S/C26H25F4N5O9S/c1-11(42-26(31)38)21-20(22(36)33-19(23(37)35-45(32,39)40)15-6-5-14(27)9-16(15)28)34-24(44-21)13-4-7-17(43-25(29)30)18(8-13)41-10-12-2-3-12/h4-9,11-12,19,25H,2-3,10H2,1H3,(H2,31,38)(H,33,36)(H,35,37)(H2,32,39,40)/t11-,19?/m0/s1. The molecule has 1 aliphatic carbocycles. The Kier molecular flexibility index (Phi) is 9.81. The highest BCUT2D eigenvalue weighted by molar-refractivity contribution is 7.87. The minimum atomic E-state index is -4.71. The van der Waals surface area contributed by atoms with Crippen molar-refractivity contribution in [2.75, 3.05) is 6.61 Å². The van der Waals surface area contributed by atoms with Gasteiger partial charge in [0.2, 0.25) is 5.89 Å². The summed E-state index contributed by atoms with van der Waals surface area (Å²) in [5, 5.41) is 6.92. The van der Waals surface area contributed by atoms with E-state index in [0.29, 0.717) is 6.07 Å². The Balaban J connectivity index is 1.75. The number of halogens is 4. The predicted molar refractivity (Wildman–Crippen MR) is 144 cm³/mol. The predicted octanol–water partition coefficient (Wildman–Crippen LogP) is 2.96. The molecule has 1 heterocycles. The lowest BCUT2D eigenvalue weighted by Gasteiger charge is -2.19. The van der Waals surface area contributed by atoms with E-state index in [1.54, 1.807) is 0 Å². The summed E-state index contributed by atoms with van der Waals surface area (Å²) in [4.78, 5) is 41.8. The third-order valence-corrected chi connectivity index (χ3v) is 6.65. The van der Waals surface area contributed by atoms with Gasteiger partial charge in [-0.1, -0.05) is 6.07 Å². The average Bonchev–Trinajstić information content (AvgIpc) is 3.64. The van der Waals surface area contributed by atoms with Crippen LogP contribution in [0.4, 0.5) is 22.4 Å². The molecule has 4 rings (SSSR count). The zero-order valence-corrected chi connectivity index (χ0v) is 23.9. The molecule has 0 aliphatic heterocycles. The molecule has 6 N–H and O–H groups in total. The molecule has 242 valence electrons. The van der Waals surface area contributed by atoms with Crippen molar-refractivity contribution in [1.29, 1.82) is 0 Å². The van der Waals surface area contributed by atoms with Gasteiger partial charge in [0.05, 0.1) is 6.61 Å². The normalized spacial score (nSPS) is 14.4. The molecule has 1 saturated carbocycles. The second-order valence-corrected chi connectivity index (χ2v) is 11.0. The maximum absolute atomic E-state index is 14.7. The summed E-state index contributed by atoms with van der Waals surface area (Å²) in [6.45, 7) is -1.72. The van der Waals surface area contributed by atoms with E-state index in [2.05, 4.69) is 15.0 Å². The van der Waals surface area contributed by atoms with Crippen molar-refractivity contribution in [3.05, 3.63) is 65.1 Å². The van der Waals surface area contributed by atoms with Crippen molar-refractivity contribution in [3.63, 3.8) is 0 Å². The van der Waals surface area contributed by atoms with Crippen molar-refractivity contribution in [3.8, 4) is 23.0 Å². The van der Waals surface area contributed by atoms with E-state index >= 15 is 0 Å². The van der Waals surface area contributed by atoms with Crippen LogP contribution < -0.4 is 30.4 Å². The van der Waals surface area contributed by atoms with E-state index in [1.807, 2.05) is 0 Å². The van der Waals surface area contributed by atoms with Gasteiger partial charge < -0.3 is 29.7 Å². The molecule has 1 aliphatic rings. The minimum absolute atomic E-state index is 0.0714. The van der Waals surface area contributed by atoms with Gasteiger partial charge in [-0.2, -0.15) is 17.2 Å². The number of amides is 3. The van der Waals surface area contributed by atoms with Crippen LogP contribution in [0.5, 0.6) is 11.5 Å². The van der Waals surface area contributed by atoms with Crippen LogP contribution in [0.1, 0.15) is 53.7 Å². The first-order chi connectivity index (χ1) is 21.1. The number of hydrogen-bond donors (Lipinski definition) is 4. The van der Waals surface area contributed by atoms with Crippen molar-refractivity contribution in [2.45, 2.75) is 38.5 Å². The lowest BCUT2D eigenvalue weighted by Crippen LogP contribution is -2.45. The fraction of sp³-hybridized carbons (Fsp3) is 0.308. The Morgan fingerprint density at radius 2 is 1.82 bits per heavy atom. The van der Waals surface area contributed by atoms with E-state index in [1.165, 1.54) is 23.8 Å². The number of nitrogens with zero attached hydrogens (tertiary/aromatic N) is 1. The second kappa shape index (κ2) is 13.4. The van der Waals surface area contributed by atoms with Crippen LogP contribution in [0.2, 0.25) is 0 Å². The number of benzene rings is 2. The number of carbonyl (C=O) groups excluding carboxylic acids is 3. The third kappa shape index (κ3) is 8.82. The van der Waals surface area contributed by atoms with Crippen molar-refractivity contribution in [1.82, 2.24) is 15.0 Å². The third-order valence-electron chi connectivity index (χ3n) is 6.16. The molecule has 14 nitrogen and oxygen atoms in total. The maximum Gasteiger partial charge on any atom is 0.405 e. The molecule has 19 heteroatoms. The van der Waals surface area contributed by atoms with Gasteiger partial charge in [-0.3, -0.25) is 9.59 Å². The monoisotopic (exact) mass is 659 g/mol. The van der Waals surface area contributed by atoms with Gasteiger partial charge in [0.1, 0.15) is 17.7 Å². The average molecular weight is 660 g/mol. The number of alkyl halides is 2. The van der Waals surface area contributed by atoms with Crippen LogP contribution in [-0.2, 0) is 19.7 Å². The number of hydrogen-bond acceptors (Lipinski definition) is 10. The van der Waals surface area contributed by atoms with E-state index in [0.717, 1.165) is 31.0 Å². The van der Waals surface area contributed by atoms with Crippen molar-refractivity contribution < 1.29 is 59.0 Å². The number of primary amides is 1. The molecule has 1 aromatic heterocycles. The molecule has 45 heavy (non-hydrogen) atoms. The van der Waals surface area contributed by atoms with Crippen LogP contribution in [-0.4, -0.2) is 44.5 Å². The highest BCUT2D eigenvalue weighted by Crippen LogP contribution is 2.37. The van der Waals surface area contributed by atoms with E-state index < -0.39 is 75.5 Å². The molecule has 3 amide bonds. The van der Waals surface area contributed by atoms with Gasteiger partial charge in [-0.15, -0.1) is 0 Å². The minimum Gasteiger partial charge on any atom is -0.489 e. The number of rotatable bonds is 13. The number of oxazole rings is 1. The van der Waals surface area contributed by atoms with Crippen LogP contribution >= 0.6 is 0 Å². The first-order valence-electron chi connectivity index (χ1n) is 12.9. The maximum atomic E-state index is 14.7. The highest BCUT2D eigenvalue weighted by Gasteiger charge is 2.33. The van der Waals surface area contributed by atoms with Crippen LogP contribution in [0.25, 0.3) is 11.5 Å². The summed E-state index contributed by atoms with van der Waals surface area (Å²) >= 11 is 0. The summed E-state index contributed by atoms with van der Waals surface area (Å²) in [7, 11) is -4.71. The van der Waals surface area contributed by atoms with Gasteiger partial charge in [0, 0.05) is 17.2 Å². The largest absolute Gasteiger partial charge is 0.489 e. The lowest BCUT2D eigenvalue weighted by molar-refractivity contribution is -0.121. The number of carbonyl (C=O) groups is 3. The second-order valence-electron chi connectivity index (χ2n) is 9.69. The molecule has 0 saturated heterocycles. The summed E-state index contributed by atoms with van der Waals surface area (Å²) in [5.41, 5.74) is 3.85. The Morgan fingerprint density at radius 3 is 2.42 bits per heavy atom. The molecule has 0 bridgehead atoms. The molecule has 1 unspecified atom stereocenters. The number of ether oxygens (including phenoxy) is 3. The molecular formula is C26H25F4N5O9S. The molecule has 2 aromatic carbocycles. The van der Waals surface area contributed by atoms with Crippen LogP contribution in [0, 0.1) is 17.6 Å². The SMILES string of the molecule is C[C@H](OC(N)=O)c1oc(-c2ccc(OC(F)F)c(OCC3CC3)c2)nc1C(=O)NC(C(=O)NS(N)(=O)=O)c1ccc(F)cc1F. The van der Waals surface area contributed by atoms with Gasteiger partial charge in [0.25, 0.3) is 22.0 Å². The topological polar surface area (TPSA) is 215 Å². The first-order valence-corrected chi connectivity index (χ1v) is 14.4. The van der Waals surface area contributed by atoms with E-state index in [-0.39, 0.29) is 35.5 Å². The highest BCUT2D eigenvalue weighted by atomic mass is 32.2. The quantitative estimate of drug-likeness (QED) is 0.197. The smallest absolute Gasteiger partial charge is 0.405 e. The summed E-state index contributed by atoms with van der Waals surface area (Å²) < 4.78 is 99.3. The van der Waals surface area contributed by atoms with Crippen LogP contribution in [0.15, 0.2) is 40.8 Å². The summed E-state index contributed by atoms with van der Waals surface area (Å²) in [6, 6.07) is 3.41. The molecule has 0 radical (unpaired) electrons. The Bertz CT molecular complexity index is 1720. The Morgan fingerprint density at radius 1 is 1.11 bits per heavy atom. The Labute approximate surface area is 252 Å². The van der Waals surface area contributed by atoms with Gasteiger partial charge >= 0.3 is 12.7 Å². The van der Waals surface area contributed by atoms with E-state index in [9.17, 15) is 40.4 Å². The molecular weight excluding hydrogens is 634 g/mol. The zero-order chi connectivity index (χ0) is 33.1. The number of aromatic nitrogens is 1. The number of nitrogens with one attached hydrogen (secondary N) is 2. The van der Waals surface area contributed by atoms with Gasteiger partial charge in [-0.05, 0) is 49.9 Å². The Hall–Kier alpha value is -4.91. The summed E-state index contributed by atoms with van der Waals surface area (Å²) in [6.07, 6.45) is -0.893. The summed E-state index contributed by atoms with van der Waals surface area (Å²) in [5.74, 6) is -6.15. The molecule has 2 atom stereocenters. The van der Waals surface area contributed by atoms with Crippen LogP contribution in [0.3, 0.4) is 0 Å². The number of nitrogens with two attached hydrogens (primary N) is 2. The fourth-order valence-corrected chi connectivity index (χ4v) is 4.38. The van der Waals surface area contributed by atoms with Crippen molar-refractivity contribution >= 4 is 28.1 Å². The fourth-order valence-electron chi connectivity index (χ4n) is 3.98. The molecule has 3 aromatic rings.